The molecular formula is C17H12O2. The van der Waals surface area contributed by atoms with Crippen LogP contribution in [0.15, 0.2) is 51.7 Å². The minimum atomic E-state index is -0.247. The van der Waals surface area contributed by atoms with Crippen molar-refractivity contribution in [3.8, 4) is 11.3 Å². The molecule has 1 aromatic heterocycles. The summed E-state index contributed by atoms with van der Waals surface area (Å²) in [6, 6.07) is 14.0. The average molecular weight is 248 g/mol. The van der Waals surface area contributed by atoms with E-state index in [2.05, 4.69) is 19.1 Å². The van der Waals surface area contributed by atoms with Crippen LogP contribution >= 0.6 is 0 Å². The van der Waals surface area contributed by atoms with Gasteiger partial charge in [-0.3, -0.25) is 0 Å². The van der Waals surface area contributed by atoms with E-state index in [0.717, 1.165) is 28.7 Å². The molecule has 0 bridgehead atoms. The lowest BCUT2D eigenvalue weighted by Gasteiger charge is -2.03. The summed E-state index contributed by atoms with van der Waals surface area (Å²) in [5.74, 6) is 0.749. The third-order valence-corrected chi connectivity index (χ3v) is 3.81. The molecule has 2 heteroatoms. The van der Waals surface area contributed by atoms with Gasteiger partial charge >= 0.3 is 5.63 Å². The van der Waals surface area contributed by atoms with E-state index in [1.807, 2.05) is 30.3 Å². The third kappa shape index (κ3) is 1.40. The second-order valence-electron chi connectivity index (χ2n) is 5.08. The summed E-state index contributed by atoms with van der Waals surface area (Å²) in [6.45, 7) is 2.08. The van der Waals surface area contributed by atoms with Gasteiger partial charge in [0.05, 0.1) is 5.39 Å². The Balaban J connectivity index is 2.13. The van der Waals surface area contributed by atoms with Gasteiger partial charge in [0, 0.05) is 17.5 Å². The highest BCUT2D eigenvalue weighted by Gasteiger charge is 2.24. The highest BCUT2D eigenvalue weighted by Crippen LogP contribution is 2.39. The van der Waals surface area contributed by atoms with Crippen LogP contribution < -0.4 is 5.63 Å². The van der Waals surface area contributed by atoms with Gasteiger partial charge in [0.15, 0.2) is 0 Å². The quantitative estimate of drug-likeness (QED) is 0.475. The van der Waals surface area contributed by atoms with E-state index < -0.39 is 0 Å². The highest BCUT2D eigenvalue weighted by atomic mass is 16.4. The molecule has 1 heterocycles. The van der Waals surface area contributed by atoms with E-state index in [-0.39, 0.29) is 5.63 Å². The lowest BCUT2D eigenvalue weighted by molar-refractivity contribution is 0.533. The third-order valence-electron chi connectivity index (χ3n) is 3.81. The molecule has 0 amide bonds. The molecular weight excluding hydrogens is 236 g/mol. The summed E-state index contributed by atoms with van der Waals surface area (Å²) in [6.07, 6.45) is 0.844. The standard InChI is InChI=1S/C17H12O2/c1-10-6-7-12-11(8-10)9-15-13-4-2-3-5-14(13)17(18)19-16(12)15/h2-8H,9H2,1H3. The number of aryl methyl sites for hydroxylation is 1. The number of hydrogen-bond donors (Lipinski definition) is 0. The van der Waals surface area contributed by atoms with Crippen molar-refractivity contribution in [2.24, 2.45) is 0 Å². The normalized spacial score (nSPS) is 12.5. The summed E-state index contributed by atoms with van der Waals surface area (Å²) in [5, 5.41) is 1.69. The molecule has 4 rings (SSSR count). The van der Waals surface area contributed by atoms with E-state index in [1.54, 1.807) is 0 Å². The Kier molecular flexibility index (Phi) is 1.99. The Morgan fingerprint density at radius 1 is 1.05 bits per heavy atom. The monoisotopic (exact) mass is 248 g/mol. The van der Waals surface area contributed by atoms with Crippen molar-refractivity contribution < 1.29 is 4.42 Å². The smallest absolute Gasteiger partial charge is 0.344 e. The molecule has 2 nitrogen and oxygen atoms in total. The van der Waals surface area contributed by atoms with Gasteiger partial charge in [-0.05, 0) is 23.9 Å². The second kappa shape index (κ2) is 3.58. The Morgan fingerprint density at radius 2 is 1.84 bits per heavy atom. The van der Waals surface area contributed by atoms with Crippen molar-refractivity contribution in [3.05, 3.63) is 69.6 Å². The zero-order valence-corrected chi connectivity index (χ0v) is 10.6. The molecule has 0 atom stereocenters. The molecule has 0 unspecified atom stereocenters. The predicted octanol–water partition coefficient (Wildman–Crippen LogP) is 3.67. The lowest BCUT2D eigenvalue weighted by atomic mass is 10.1. The van der Waals surface area contributed by atoms with Gasteiger partial charge < -0.3 is 4.42 Å². The Hall–Kier alpha value is -2.35. The average Bonchev–Trinajstić information content (AvgIpc) is 2.77. The van der Waals surface area contributed by atoms with Gasteiger partial charge in [-0.2, -0.15) is 0 Å². The van der Waals surface area contributed by atoms with Crippen LogP contribution in [0.3, 0.4) is 0 Å². The molecule has 0 radical (unpaired) electrons. The maximum atomic E-state index is 12.0. The van der Waals surface area contributed by atoms with E-state index in [0.29, 0.717) is 5.39 Å². The largest absolute Gasteiger partial charge is 0.422 e. The Morgan fingerprint density at radius 3 is 2.68 bits per heavy atom. The maximum Gasteiger partial charge on any atom is 0.344 e. The fourth-order valence-electron chi connectivity index (χ4n) is 2.93. The van der Waals surface area contributed by atoms with Crippen molar-refractivity contribution in [2.75, 3.05) is 0 Å². The second-order valence-corrected chi connectivity index (χ2v) is 5.08. The number of benzene rings is 2. The fraction of sp³-hybridized carbons (Fsp3) is 0.118. The van der Waals surface area contributed by atoms with Crippen molar-refractivity contribution in [3.63, 3.8) is 0 Å². The van der Waals surface area contributed by atoms with Crippen LogP contribution in [0, 0.1) is 6.92 Å². The molecule has 19 heavy (non-hydrogen) atoms. The first-order valence-corrected chi connectivity index (χ1v) is 6.38. The van der Waals surface area contributed by atoms with Crippen LogP contribution in [0.4, 0.5) is 0 Å². The fourth-order valence-corrected chi connectivity index (χ4v) is 2.93. The molecule has 3 aromatic rings. The van der Waals surface area contributed by atoms with Gasteiger partial charge in [-0.15, -0.1) is 0 Å². The van der Waals surface area contributed by atoms with Gasteiger partial charge in [-0.1, -0.05) is 42.0 Å². The molecule has 0 aliphatic heterocycles. The lowest BCUT2D eigenvalue weighted by Crippen LogP contribution is -2.01. The van der Waals surface area contributed by atoms with Crippen LogP contribution in [-0.4, -0.2) is 0 Å². The summed E-state index contributed by atoms with van der Waals surface area (Å²) in [4.78, 5) is 12.0. The van der Waals surface area contributed by atoms with Crippen LogP contribution in [0.2, 0.25) is 0 Å². The molecule has 1 aliphatic rings. The van der Waals surface area contributed by atoms with Gasteiger partial charge in [0.25, 0.3) is 0 Å². The zero-order chi connectivity index (χ0) is 13.0. The minimum absolute atomic E-state index is 0.247. The maximum absolute atomic E-state index is 12.0. The summed E-state index contributed by atoms with van der Waals surface area (Å²) in [5.41, 5.74) is 4.43. The minimum Gasteiger partial charge on any atom is -0.422 e. The van der Waals surface area contributed by atoms with Gasteiger partial charge in [-0.25, -0.2) is 4.79 Å². The molecule has 0 fully saturated rings. The molecule has 1 aliphatic carbocycles. The first-order valence-electron chi connectivity index (χ1n) is 6.38. The van der Waals surface area contributed by atoms with Crippen molar-refractivity contribution >= 4 is 10.8 Å². The molecule has 2 aromatic carbocycles. The molecule has 92 valence electrons. The molecule has 0 saturated carbocycles. The van der Waals surface area contributed by atoms with E-state index in [1.165, 1.54) is 11.1 Å². The summed E-state index contributed by atoms with van der Waals surface area (Å²) in [7, 11) is 0. The number of rotatable bonds is 0. The van der Waals surface area contributed by atoms with Crippen molar-refractivity contribution in [1.29, 1.82) is 0 Å². The Labute approximate surface area is 110 Å². The van der Waals surface area contributed by atoms with Gasteiger partial charge in [0.2, 0.25) is 0 Å². The van der Waals surface area contributed by atoms with Crippen molar-refractivity contribution in [2.45, 2.75) is 13.3 Å². The predicted molar refractivity (Wildman–Crippen MR) is 75.5 cm³/mol. The summed E-state index contributed by atoms with van der Waals surface area (Å²) < 4.78 is 5.54. The first kappa shape index (κ1) is 10.6. The van der Waals surface area contributed by atoms with Crippen LogP contribution in [-0.2, 0) is 6.42 Å². The van der Waals surface area contributed by atoms with Crippen LogP contribution in [0.1, 0.15) is 16.7 Å². The van der Waals surface area contributed by atoms with E-state index >= 15 is 0 Å². The zero-order valence-electron chi connectivity index (χ0n) is 10.6. The Bertz CT molecular complexity index is 872. The van der Waals surface area contributed by atoms with E-state index in [9.17, 15) is 4.79 Å². The van der Waals surface area contributed by atoms with Crippen LogP contribution in [0.25, 0.3) is 22.1 Å². The molecule has 0 N–H and O–H groups in total. The summed E-state index contributed by atoms with van der Waals surface area (Å²) >= 11 is 0. The molecule has 0 saturated heterocycles. The van der Waals surface area contributed by atoms with E-state index in [4.69, 9.17) is 4.42 Å². The topological polar surface area (TPSA) is 30.2 Å². The van der Waals surface area contributed by atoms with Gasteiger partial charge in [0.1, 0.15) is 5.76 Å². The van der Waals surface area contributed by atoms with Crippen LogP contribution in [0.5, 0.6) is 0 Å². The van der Waals surface area contributed by atoms with Crippen molar-refractivity contribution in [1.82, 2.24) is 0 Å². The first-order chi connectivity index (χ1) is 9.24. The highest BCUT2D eigenvalue weighted by molar-refractivity contribution is 5.91. The SMILES string of the molecule is Cc1ccc2c(c1)Cc1c-2oc(=O)c2ccccc12. The number of hydrogen-bond acceptors (Lipinski definition) is 2. The number of fused-ring (bicyclic) bond motifs is 5. The molecule has 0 spiro atoms.